The first-order chi connectivity index (χ1) is 9.28. The number of nitrogens with zero attached hydrogens (tertiary/aromatic N) is 3. The molecular formula is C14H16N4O. The minimum absolute atomic E-state index is 0.0341. The molecule has 0 saturated carbocycles. The molecule has 2 aromatic rings. The van der Waals surface area contributed by atoms with Crippen LogP contribution in [0.1, 0.15) is 10.4 Å². The van der Waals surface area contributed by atoms with E-state index in [-0.39, 0.29) is 5.91 Å². The minimum Gasteiger partial charge on any atom is -0.338 e. The second-order valence-electron chi connectivity index (χ2n) is 4.82. The Morgan fingerprint density at radius 3 is 2.74 bits per heavy atom. The van der Waals surface area contributed by atoms with Gasteiger partial charge < -0.3 is 10.6 Å². The van der Waals surface area contributed by atoms with Crippen LogP contribution in [0.15, 0.2) is 42.7 Å². The van der Waals surface area contributed by atoms with Crippen molar-refractivity contribution in [1.82, 2.24) is 14.7 Å². The lowest BCUT2D eigenvalue weighted by Gasteiger charge is -2.38. The molecule has 5 heteroatoms. The van der Waals surface area contributed by atoms with Gasteiger partial charge in [0.05, 0.1) is 17.4 Å². The highest BCUT2D eigenvalue weighted by atomic mass is 16.2. The van der Waals surface area contributed by atoms with Gasteiger partial charge >= 0.3 is 0 Å². The molecule has 5 nitrogen and oxygen atoms in total. The number of hydrogen-bond acceptors (Lipinski definition) is 3. The van der Waals surface area contributed by atoms with E-state index in [0.29, 0.717) is 18.0 Å². The van der Waals surface area contributed by atoms with Gasteiger partial charge in [-0.15, -0.1) is 0 Å². The van der Waals surface area contributed by atoms with E-state index in [4.69, 9.17) is 5.73 Å². The largest absolute Gasteiger partial charge is 0.338 e. The van der Waals surface area contributed by atoms with E-state index >= 15 is 0 Å². The van der Waals surface area contributed by atoms with E-state index in [1.807, 2.05) is 35.2 Å². The number of benzene rings is 1. The Hall–Kier alpha value is -2.14. The van der Waals surface area contributed by atoms with Crippen LogP contribution in [0.2, 0.25) is 0 Å². The Labute approximate surface area is 111 Å². The second-order valence-corrected chi connectivity index (χ2v) is 4.82. The summed E-state index contributed by atoms with van der Waals surface area (Å²) in [6.07, 6.45) is 3.39. The summed E-state index contributed by atoms with van der Waals surface area (Å²) in [6.45, 7) is 2.16. The first-order valence-electron chi connectivity index (χ1n) is 6.37. The lowest BCUT2D eigenvalue weighted by atomic mass is 10.00. The summed E-state index contributed by atoms with van der Waals surface area (Å²) in [7, 11) is 0. The third-order valence-corrected chi connectivity index (χ3v) is 3.43. The van der Waals surface area contributed by atoms with E-state index in [0.717, 1.165) is 18.8 Å². The minimum atomic E-state index is 0.0341. The topological polar surface area (TPSA) is 64.2 Å². The van der Waals surface area contributed by atoms with Crippen LogP contribution in [0.3, 0.4) is 0 Å². The molecule has 1 aliphatic rings. The van der Waals surface area contributed by atoms with Crippen LogP contribution in [0.5, 0.6) is 0 Å². The molecule has 1 aromatic heterocycles. The highest BCUT2D eigenvalue weighted by Gasteiger charge is 2.30. The van der Waals surface area contributed by atoms with Crippen LogP contribution in [-0.2, 0) is 0 Å². The van der Waals surface area contributed by atoms with Crippen LogP contribution in [0, 0.1) is 5.92 Å². The summed E-state index contributed by atoms with van der Waals surface area (Å²) in [5, 5.41) is 4.23. The van der Waals surface area contributed by atoms with E-state index in [1.54, 1.807) is 17.1 Å². The maximum absolute atomic E-state index is 12.2. The zero-order valence-electron chi connectivity index (χ0n) is 10.6. The number of likely N-dealkylation sites (tertiary alicyclic amines) is 1. The second kappa shape index (κ2) is 4.85. The Kier molecular flexibility index (Phi) is 3.05. The van der Waals surface area contributed by atoms with Crippen molar-refractivity contribution in [2.75, 3.05) is 19.6 Å². The summed E-state index contributed by atoms with van der Waals surface area (Å²) in [5.41, 5.74) is 7.13. The smallest absolute Gasteiger partial charge is 0.257 e. The van der Waals surface area contributed by atoms with Gasteiger partial charge in [0.15, 0.2) is 0 Å². The number of amides is 1. The summed E-state index contributed by atoms with van der Waals surface area (Å²) in [6, 6.07) is 9.75. The molecule has 19 heavy (non-hydrogen) atoms. The Morgan fingerprint density at radius 1 is 1.32 bits per heavy atom. The molecule has 0 aliphatic carbocycles. The number of carbonyl (C=O) groups excluding carboxylic acids is 1. The predicted octanol–water partition coefficient (Wildman–Crippen LogP) is 0.903. The summed E-state index contributed by atoms with van der Waals surface area (Å²) in [5.74, 6) is 0.486. The number of carbonyl (C=O) groups is 1. The van der Waals surface area contributed by atoms with Crippen LogP contribution < -0.4 is 5.73 Å². The Balaban J connectivity index is 1.73. The molecule has 1 saturated heterocycles. The van der Waals surface area contributed by atoms with Gasteiger partial charge in [0.2, 0.25) is 0 Å². The van der Waals surface area contributed by atoms with Gasteiger partial charge in [0, 0.05) is 25.2 Å². The fourth-order valence-corrected chi connectivity index (χ4v) is 2.22. The third kappa shape index (κ3) is 2.24. The highest BCUT2D eigenvalue weighted by Crippen LogP contribution is 2.18. The standard InChI is InChI=1S/C14H16N4O/c15-6-11-8-17(9-11)14(19)12-7-16-18(10-12)13-4-2-1-3-5-13/h1-5,7,10-11H,6,8-9,15H2. The molecule has 0 bridgehead atoms. The van der Waals surface area contributed by atoms with E-state index in [1.165, 1.54) is 0 Å². The number of nitrogens with two attached hydrogens (primary N) is 1. The van der Waals surface area contributed by atoms with Crippen molar-refractivity contribution >= 4 is 5.91 Å². The maximum atomic E-state index is 12.2. The average Bonchev–Trinajstić information content (AvgIpc) is 2.88. The van der Waals surface area contributed by atoms with Gasteiger partial charge in [-0.2, -0.15) is 5.10 Å². The maximum Gasteiger partial charge on any atom is 0.257 e. The van der Waals surface area contributed by atoms with Crippen molar-refractivity contribution in [3.63, 3.8) is 0 Å². The highest BCUT2D eigenvalue weighted by molar-refractivity contribution is 5.94. The predicted molar refractivity (Wildman–Crippen MR) is 72.0 cm³/mol. The van der Waals surface area contributed by atoms with Crippen molar-refractivity contribution < 1.29 is 4.79 Å². The number of para-hydroxylation sites is 1. The molecule has 0 atom stereocenters. The number of rotatable bonds is 3. The monoisotopic (exact) mass is 256 g/mol. The fourth-order valence-electron chi connectivity index (χ4n) is 2.22. The Morgan fingerprint density at radius 2 is 2.05 bits per heavy atom. The van der Waals surface area contributed by atoms with E-state index in [9.17, 15) is 4.79 Å². The van der Waals surface area contributed by atoms with Crippen LogP contribution in [0.4, 0.5) is 0 Å². The molecule has 1 amide bonds. The number of hydrogen-bond donors (Lipinski definition) is 1. The van der Waals surface area contributed by atoms with Crippen molar-refractivity contribution in [2.45, 2.75) is 0 Å². The SMILES string of the molecule is NCC1CN(C(=O)c2cnn(-c3ccccc3)c2)C1. The van der Waals surface area contributed by atoms with Crippen molar-refractivity contribution in [1.29, 1.82) is 0 Å². The van der Waals surface area contributed by atoms with Gasteiger partial charge in [0.25, 0.3) is 5.91 Å². The molecule has 98 valence electrons. The lowest BCUT2D eigenvalue weighted by Crippen LogP contribution is -2.52. The Bertz CT molecular complexity index is 572. The molecule has 2 N–H and O–H groups in total. The fraction of sp³-hybridized carbons (Fsp3) is 0.286. The quantitative estimate of drug-likeness (QED) is 0.887. The zero-order chi connectivity index (χ0) is 13.2. The molecule has 0 unspecified atom stereocenters. The molecule has 1 aliphatic heterocycles. The molecule has 2 heterocycles. The average molecular weight is 256 g/mol. The van der Waals surface area contributed by atoms with E-state index in [2.05, 4.69) is 5.10 Å². The molecule has 3 rings (SSSR count). The van der Waals surface area contributed by atoms with E-state index < -0.39 is 0 Å². The first-order valence-corrected chi connectivity index (χ1v) is 6.37. The summed E-state index contributed by atoms with van der Waals surface area (Å²) < 4.78 is 1.72. The molecular weight excluding hydrogens is 240 g/mol. The first kappa shape index (κ1) is 11.9. The van der Waals surface area contributed by atoms with Crippen LogP contribution >= 0.6 is 0 Å². The van der Waals surface area contributed by atoms with Gasteiger partial charge in [-0.25, -0.2) is 4.68 Å². The zero-order valence-corrected chi connectivity index (χ0v) is 10.6. The summed E-state index contributed by atoms with van der Waals surface area (Å²) >= 11 is 0. The summed E-state index contributed by atoms with van der Waals surface area (Å²) in [4.78, 5) is 14.0. The normalized spacial score (nSPS) is 15.3. The van der Waals surface area contributed by atoms with Crippen molar-refractivity contribution in [3.05, 3.63) is 48.3 Å². The lowest BCUT2D eigenvalue weighted by molar-refractivity contribution is 0.0515. The molecule has 0 radical (unpaired) electrons. The van der Waals surface area contributed by atoms with Crippen molar-refractivity contribution in [2.24, 2.45) is 11.7 Å². The molecule has 0 spiro atoms. The van der Waals surface area contributed by atoms with Crippen molar-refractivity contribution in [3.8, 4) is 5.69 Å². The van der Waals surface area contributed by atoms with Gasteiger partial charge in [-0.1, -0.05) is 18.2 Å². The van der Waals surface area contributed by atoms with Gasteiger partial charge in [-0.05, 0) is 18.7 Å². The third-order valence-electron chi connectivity index (χ3n) is 3.43. The van der Waals surface area contributed by atoms with Crippen LogP contribution in [-0.4, -0.2) is 40.2 Å². The number of aromatic nitrogens is 2. The van der Waals surface area contributed by atoms with Gasteiger partial charge in [0.1, 0.15) is 0 Å². The molecule has 1 fully saturated rings. The molecule has 1 aromatic carbocycles. The van der Waals surface area contributed by atoms with Crippen LogP contribution in [0.25, 0.3) is 5.69 Å². The van der Waals surface area contributed by atoms with Gasteiger partial charge in [-0.3, -0.25) is 4.79 Å².